The Bertz CT molecular complexity index is 1200. The van der Waals surface area contributed by atoms with Gasteiger partial charge in [-0.3, -0.25) is 14.6 Å². The van der Waals surface area contributed by atoms with Gasteiger partial charge >= 0.3 is 0 Å². The van der Waals surface area contributed by atoms with Crippen LogP contribution in [-0.2, 0) is 7.05 Å². The molecule has 30 heavy (non-hydrogen) atoms. The van der Waals surface area contributed by atoms with Gasteiger partial charge in [0, 0.05) is 19.2 Å². The molecule has 1 N–H and O–H groups in total. The molecular formula is C22H23N7O. The number of aromatic amines is 1. The van der Waals surface area contributed by atoms with E-state index in [4.69, 9.17) is 4.98 Å². The minimum absolute atomic E-state index is 0.0169. The molecule has 0 aliphatic carbocycles. The number of H-pyrrole nitrogens is 1. The molecule has 0 spiro atoms. The van der Waals surface area contributed by atoms with Crippen LogP contribution in [0, 0.1) is 6.92 Å². The highest BCUT2D eigenvalue weighted by Crippen LogP contribution is 2.33. The lowest BCUT2D eigenvalue weighted by Gasteiger charge is -2.34. The number of aromatic nitrogens is 6. The number of nitrogens with one attached hydrogen (secondary N) is 1. The summed E-state index contributed by atoms with van der Waals surface area (Å²) in [5.41, 5.74) is 3.89. The molecule has 1 aliphatic heterocycles. The van der Waals surface area contributed by atoms with Crippen LogP contribution in [0.4, 0.5) is 0 Å². The molecule has 1 amide bonds. The number of nitrogens with zero attached hydrogens (tertiary/aromatic N) is 6. The quantitative estimate of drug-likeness (QED) is 0.568. The molecule has 4 aromatic rings. The summed E-state index contributed by atoms with van der Waals surface area (Å²) in [4.78, 5) is 24.9. The van der Waals surface area contributed by atoms with Crippen molar-refractivity contribution in [3.05, 3.63) is 59.8 Å². The van der Waals surface area contributed by atoms with E-state index in [1.165, 1.54) is 6.33 Å². The maximum absolute atomic E-state index is 13.9. The lowest BCUT2D eigenvalue weighted by Crippen LogP contribution is -2.39. The average Bonchev–Trinajstić information content (AvgIpc) is 3.42. The zero-order valence-corrected chi connectivity index (χ0v) is 17.0. The van der Waals surface area contributed by atoms with Gasteiger partial charge in [-0.1, -0.05) is 30.3 Å². The third-order valence-corrected chi connectivity index (χ3v) is 5.78. The number of hydrogen-bond acceptors (Lipinski definition) is 5. The number of rotatable bonds is 3. The summed E-state index contributed by atoms with van der Waals surface area (Å²) in [6.07, 6.45) is 4.40. The van der Waals surface area contributed by atoms with E-state index in [0.717, 1.165) is 47.4 Å². The Balaban J connectivity index is 1.66. The zero-order valence-electron chi connectivity index (χ0n) is 17.0. The van der Waals surface area contributed by atoms with Crippen molar-refractivity contribution in [3.63, 3.8) is 0 Å². The van der Waals surface area contributed by atoms with Gasteiger partial charge in [0.15, 0.2) is 5.65 Å². The molecule has 8 heteroatoms. The fourth-order valence-corrected chi connectivity index (χ4v) is 4.36. The standard InChI is InChI=1S/C22H23N7O/c1-14-19-16(22(30)29-11-7-6-10-18(29)20-23-13-24-26-20)12-17(15-8-4-3-5-9-15)25-21(19)28(2)27-14/h3-5,8-9,12-13,18H,6-7,10-11H2,1-2H3,(H,23,24,26)/t18-/m1/s1. The van der Waals surface area contributed by atoms with Crippen molar-refractivity contribution in [3.8, 4) is 11.3 Å². The van der Waals surface area contributed by atoms with Crippen LogP contribution in [0.15, 0.2) is 42.7 Å². The van der Waals surface area contributed by atoms with E-state index in [1.54, 1.807) is 4.68 Å². The third kappa shape index (κ3) is 3.04. The summed E-state index contributed by atoms with van der Waals surface area (Å²) in [5.74, 6) is 0.719. The SMILES string of the molecule is Cc1nn(C)c2nc(-c3ccccc3)cc(C(=O)N3CCCC[C@@H]3c3ncn[nH]3)c12. The summed E-state index contributed by atoms with van der Waals surface area (Å²) in [5, 5.41) is 12.3. The lowest BCUT2D eigenvalue weighted by atomic mass is 9.98. The van der Waals surface area contributed by atoms with Crippen LogP contribution < -0.4 is 0 Å². The fraction of sp³-hybridized carbons (Fsp3) is 0.318. The number of amides is 1. The molecule has 1 atom stereocenters. The van der Waals surface area contributed by atoms with Crippen LogP contribution >= 0.6 is 0 Å². The van der Waals surface area contributed by atoms with Crippen molar-refractivity contribution < 1.29 is 4.79 Å². The van der Waals surface area contributed by atoms with Crippen molar-refractivity contribution in [1.29, 1.82) is 0 Å². The predicted octanol–water partition coefficient (Wildman–Crippen LogP) is 3.43. The van der Waals surface area contributed by atoms with E-state index in [9.17, 15) is 4.79 Å². The summed E-state index contributed by atoms with van der Waals surface area (Å²) < 4.78 is 1.75. The first-order valence-corrected chi connectivity index (χ1v) is 10.2. The summed E-state index contributed by atoms with van der Waals surface area (Å²) >= 11 is 0. The van der Waals surface area contributed by atoms with E-state index in [1.807, 2.05) is 55.3 Å². The second-order valence-electron chi connectivity index (χ2n) is 7.71. The van der Waals surface area contributed by atoms with Gasteiger partial charge in [0.1, 0.15) is 12.2 Å². The van der Waals surface area contributed by atoms with Crippen molar-refractivity contribution in [2.45, 2.75) is 32.2 Å². The Hall–Kier alpha value is -3.55. The average molecular weight is 401 g/mol. The Labute approximate surface area is 174 Å². The van der Waals surface area contributed by atoms with Gasteiger partial charge in [0.05, 0.1) is 28.4 Å². The monoisotopic (exact) mass is 401 g/mol. The summed E-state index contributed by atoms with van der Waals surface area (Å²) in [6, 6.07) is 11.7. The third-order valence-electron chi connectivity index (χ3n) is 5.78. The highest BCUT2D eigenvalue weighted by atomic mass is 16.2. The normalized spacial score (nSPS) is 16.9. The van der Waals surface area contributed by atoms with Crippen LogP contribution in [0.1, 0.15) is 47.2 Å². The van der Waals surface area contributed by atoms with Gasteiger partial charge in [-0.2, -0.15) is 10.2 Å². The number of carbonyl (C=O) groups excluding carboxylic acids is 1. The van der Waals surface area contributed by atoms with Crippen molar-refractivity contribution >= 4 is 16.9 Å². The molecule has 5 rings (SSSR count). The fourth-order valence-electron chi connectivity index (χ4n) is 4.36. The van der Waals surface area contributed by atoms with Crippen molar-refractivity contribution in [1.82, 2.24) is 34.8 Å². The largest absolute Gasteiger partial charge is 0.328 e. The molecule has 1 fully saturated rings. The number of piperidine rings is 1. The van der Waals surface area contributed by atoms with Crippen molar-refractivity contribution in [2.75, 3.05) is 6.54 Å². The number of aryl methyl sites for hydroxylation is 2. The number of likely N-dealkylation sites (tertiary alicyclic amines) is 1. The Morgan fingerprint density at radius 2 is 2.03 bits per heavy atom. The van der Waals surface area contributed by atoms with Crippen LogP contribution in [0.5, 0.6) is 0 Å². The molecule has 0 bridgehead atoms. The van der Waals surface area contributed by atoms with E-state index < -0.39 is 0 Å². The van der Waals surface area contributed by atoms with Crippen molar-refractivity contribution in [2.24, 2.45) is 7.05 Å². The Kier molecular flexibility index (Phi) is 4.54. The number of carbonyl (C=O) groups is 1. The highest BCUT2D eigenvalue weighted by Gasteiger charge is 2.32. The van der Waals surface area contributed by atoms with E-state index in [2.05, 4.69) is 20.3 Å². The molecule has 152 valence electrons. The van der Waals surface area contributed by atoms with Gasteiger partial charge in [-0.25, -0.2) is 9.97 Å². The first kappa shape index (κ1) is 18.5. The zero-order chi connectivity index (χ0) is 20.7. The molecule has 3 aromatic heterocycles. The van der Waals surface area contributed by atoms with E-state index >= 15 is 0 Å². The minimum atomic E-state index is -0.103. The van der Waals surface area contributed by atoms with Gasteiger partial charge in [0.2, 0.25) is 0 Å². The smallest absolute Gasteiger partial charge is 0.255 e. The molecular weight excluding hydrogens is 378 g/mol. The number of hydrogen-bond donors (Lipinski definition) is 1. The molecule has 0 saturated carbocycles. The molecule has 0 radical (unpaired) electrons. The summed E-state index contributed by atoms with van der Waals surface area (Å²) in [6.45, 7) is 2.61. The number of benzene rings is 1. The van der Waals surface area contributed by atoms with Crippen LogP contribution in [0.25, 0.3) is 22.3 Å². The highest BCUT2D eigenvalue weighted by molar-refractivity contribution is 6.07. The maximum atomic E-state index is 13.9. The van der Waals surface area contributed by atoms with Crippen LogP contribution in [0.3, 0.4) is 0 Å². The summed E-state index contributed by atoms with van der Waals surface area (Å²) in [7, 11) is 1.86. The molecule has 1 aliphatic rings. The van der Waals surface area contributed by atoms with E-state index in [-0.39, 0.29) is 11.9 Å². The maximum Gasteiger partial charge on any atom is 0.255 e. The van der Waals surface area contributed by atoms with Gasteiger partial charge in [-0.05, 0) is 32.3 Å². The van der Waals surface area contributed by atoms with Gasteiger partial charge < -0.3 is 4.90 Å². The predicted molar refractivity (Wildman–Crippen MR) is 113 cm³/mol. The topological polar surface area (TPSA) is 92.6 Å². The lowest BCUT2D eigenvalue weighted by molar-refractivity contribution is 0.0602. The minimum Gasteiger partial charge on any atom is -0.328 e. The molecule has 4 heterocycles. The molecule has 0 unspecified atom stereocenters. The first-order valence-electron chi connectivity index (χ1n) is 10.2. The molecule has 1 saturated heterocycles. The Morgan fingerprint density at radius 1 is 1.20 bits per heavy atom. The second-order valence-corrected chi connectivity index (χ2v) is 7.71. The first-order chi connectivity index (χ1) is 14.6. The van der Waals surface area contributed by atoms with Crippen LogP contribution in [-0.4, -0.2) is 47.3 Å². The number of fused-ring (bicyclic) bond motifs is 1. The van der Waals surface area contributed by atoms with Crippen LogP contribution in [0.2, 0.25) is 0 Å². The Morgan fingerprint density at radius 3 is 2.80 bits per heavy atom. The van der Waals surface area contributed by atoms with E-state index in [0.29, 0.717) is 17.8 Å². The molecule has 1 aromatic carbocycles. The van der Waals surface area contributed by atoms with Gasteiger partial charge in [0.25, 0.3) is 5.91 Å². The second kappa shape index (κ2) is 7.37. The molecule has 8 nitrogen and oxygen atoms in total. The van der Waals surface area contributed by atoms with Gasteiger partial charge in [-0.15, -0.1) is 0 Å². The number of pyridine rings is 1.